The molecule has 2 rings (SSSR count). The lowest BCUT2D eigenvalue weighted by molar-refractivity contribution is 0.187. The van der Waals surface area contributed by atoms with Gasteiger partial charge in [0.15, 0.2) is 11.5 Å². The van der Waals surface area contributed by atoms with Crippen LogP contribution in [0.2, 0.25) is 10.0 Å². The fourth-order valence-electron chi connectivity index (χ4n) is 2.69. The molecule has 0 heterocycles. The van der Waals surface area contributed by atoms with Crippen molar-refractivity contribution >= 4 is 45.0 Å². The number of hydrogen-bond donors (Lipinski definition) is 1. The van der Waals surface area contributed by atoms with Crippen molar-refractivity contribution in [2.45, 2.75) is 32.9 Å². The highest BCUT2D eigenvalue weighted by Gasteiger charge is 2.22. The molecule has 7 nitrogen and oxygen atoms in total. The van der Waals surface area contributed by atoms with Crippen LogP contribution < -0.4 is 14.2 Å². The van der Waals surface area contributed by atoms with Crippen molar-refractivity contribution < 1.29 is 22.1 Å². The fraction of sp³-hybridized carbons (Fsp3) is 0.350. The first-order valence-corrected chi connectivity index (χ1v) is 11.7. The van der Waals surface area contributed by atoms with Crippen molar-refractivity contribution in [3.8, 4) is 11.5 Å². The third kappa shape index (κ3) is 6.42. The second-order valence-electron chi connectivity index (χ2n) is 6.68. The van der Waals surface area contributed by atoms with Gasteiger partial charge >= 0.3 is 16.1 Å². The van der Waals surface area contributed by atoms with Gasteiger partial charge in [-0.25, -0.2) is 4.79 Å². The number of rotatable bonds is 8. The Kier molecular flexibility index (Phi) is 8.23. The Bertz CT molecular complexity index is 994. The summed E-state index contributed by atoms with van der Waals surface area (Å²) >= 11 is 12.3. The molecule has 1 atom stereocenters. The molecule has 164 valence electrons. The quantitative estimate of drug-likeness (QED) is 0.533. The Labute approximate surface area is 187 Å². The zero-order valence-corrected chi connectivity index (χ0v) is 19.4. The van der Waals surface area contributed by atoms with E-state index in [4.69, 9.17) is 32.1 Å². The van der Waals surface area contributed by atoms with Gasteiger partial charge in [-0.1, -0.05) is 42.3 Å². The van der Waals surface area contributed by atoms with Crippen molar-refractivity contribution in [1.29, 1.82) is 0 Å². The first kappa shape index (κ1) is 24.1. The average molecular weight is 475 g/mol. The number of amides is 2. The minimum atomic E-state index is -3.74. The number of halogens is 2. The summed E-state index contributed by atoms with van der Waals surface area (Å²) in [6.07, 6.45) is 1.65. The summed E-state index contributed by atoms with van der Waals surface area (Å²) < 4.78 is 33.3. The summed E-state index contributed by atoms with van der Waals surface area (Å²) in [7, 11) is -2.33. The van der Waals surface area contributed by atoms with Gasteiger partial charge < -0.3 is 19.1 Å². The van der Waals surface area contributed by atoms with Gasteiger partial charge in [0.2, 0.25) is 0 Å². The number of benzene rings is 2. The van der Waals surface area contributed by atoms with Crippen LogP contribution in [-0.4, -0.2) is 38.8 Å². The van der Waals surface area contributed by atoms with E-state index in [0.717, 1.165) is 6.26 Å². The largest absolute Gasteiger partial charge is 0.493 e. The molecule has 0 aliphatic rings. The number of urea groups is 1. The lowest BCUT2D eigenvalue weighted by Gasteiger charge is -2.29. The van der Waals surface area contributed by atoms with Crippen LogP contribution in [0.25, 0.3) is 0 Å². The Morgan fingerprint density at radius 1 is 1.17 bits per heavy atom. The maximum Gasteiger partial charge on any atom is 0.322 e. The van der Waals surface area contributed by atoms with Crippen molar-refractivity contribution in [3.63, 3.8) is 0 Å². The molecule has 0 fully saturated rings. The second kappa shape index (κ2) is 10.2. The molecular weight excluding hydrogens is 451 g/mol. The van der Waals surface area contributed by atoms with E-state index in [9.17, 15) is 13.2 Å². The Morgan fingerprint density at radius 2 is 1.80 bits per heavy atom. The van der Waals surface area contributed by atoms with E-state index in [1.165, 1.54) is 13.2 Å². The van der Waals surface area contributed by atoms with Crippen LogP contribution in [-0.2, 0) is 16.7 Å². The van der Waals surface area contributed by atoms with Crippen molar-refractivity contribution in [3.05, 3.63) is 52.0 Å². The number of methoxy groups -OCH3 is 1. The summed E-state index contributed by atoms with van der Waals surface area (Å²) in [5, 5.41) is 3.41. The average Bonchev–Trinajstić information content (AvgIpc) is 2.67. The molecule has 0 aliphatic heterocycles. The number of hydrogen-bond acceptors (Lipinski definition) is 5. The minimum absolute atomic E-state index is 0.0520. The normalized spacial score (nSPS) is 12.2. The Hall–Kier alpha value is -2.16. The predicted octanol–water partition coefficient (Wildman–Crippen LogP) is 5.17. The van der Waals surface area contributed by atoms with Crippen molar-refractivity contribution in [2.75, 3.05) is 18.7 Å². The van der Waals surface area contributed by atoms with Crippen LogP contribution in [0.4, 0.5) is 10.5 Å². The molecule has 0 aliphatic carbocycles. The van der Waals surface area contributed by atoms with Gasteiger partial charge in [0.1, 0.15) is 0 Å². The van der Waals surface area contributed by atoms with Gasteiger partial charge in [-0.2, -0.15) is 8.42 Å². The fourth-order valence-corrected chi connectivity index (χ4v) is 3.64. The van der Waals surface area contributed by atoms with Gasteiger partial charge in [-0.05, 0) is 43.2 Å². The van der Waals surface area contributed by atoms with Crippen LogP contribution in [0.15, 0.2) is 36.4 Å². The number of para-hydroxylation sites is 1. The summed E-state index contributed by atoms with van der Waals surface area (Å²) in [5.41, 5.74) is 0.991. The van der Waals surface area contributed by atoms with Gasteiger partial charge in [-0.3, -0.25) is 0 Å². The van der Waals surface area contributed by atoms with E-state index in [-0.39, 0.29) is 30.1 Å². The van der Waals surface area contributed by atoms with E-state index in [1.807, 2.05) is 13.8 Å². The highest BCUT2D eigenvalue weighted by Crippen LogP contribution is 2.32. The molecule has 2 amide bonds. The SMILES string of the molecule is CCC(C)N(Cc1ccc(OC)c(OS(C)(=O)=O)c1)C(=O)Nc1c(Cl)cccc1Cl. The Morgan fingerprint density at radius 3 is 2.33 bits per heavy atom. The number of nitrogens with zero attached hydrogens (tertiary/aromatic N) is 1. The third-order valence-corrected chi connectivity index (χ3v) is 5.51. The van der Waals surface area contributed by atoms with Crippen molar-refractivity contribution in [1.82, 2.24) is 4.90 Å². The van der Waals surface area contributed by atoms with Gasteiger partial charge in [0.25, 0.3) is 0 Å². The lowest BCUT2D eigenvalue weighted by Crippen LogP contribution is -2.40. The number of carbonyl (C=O) groups is 1. The van der Waals surface area contributed by atoms with Crippen LogP contribution in [0.5, 0.6) is 11.5 Å². The molecule has 2 aromatic rings. The Balaban J connectivity index is 2.32. The van der Waals surface area contributed by atoms with E-state index in [0.29, 0.717) is 27.7 Å². The van der Waals surface area contributed by atoms with E-state index in [2.05, 4.69) is 5.32 Å². The van der Waals surface area contributed by atoms with Crippen LogP contribution in [0.1, 0.15) is 25.8 Å². The van der Waals surface area contributed by atoms with Crippen LogP contribution >= 0.6 is 23.2 Å². The van der Waals surface area contributed by atoms with Crippen molar-refractivity contribution in [2.24, 2.45) is 0 Å². The van der Waals surface area contributed by atoms with E-state index in [1.54, 1.807) is 35.2 Å². The van der Waals surface area contributed by atoms with E-state index < -0.39 is 10.1 Å². The first-order valence-electron chi connectivity index (χ1n) is 9.13. The molecule has 0 spiro atoms. The molecule has 10 heteroatoms. The first-order chi connectivity index (χ1) is 14.1. The predicted molar refractivity (Wildman–Crippen MR) is 119 cm³/mol. The summed E-state index contributed by atoms with van der Waals surface area (Å²) in [6, 6.07) is 9.31. The maximum atomic E-state index is 13.0. The molecule has 30 heavy (non-hydrogen) atoms. The summed E-state index contributed by atoms with van der Waals surface area (Å²) in [6.45, 7) is 4.07. The number of nitrogens with one attached hydrogen (secondary N) is 1. The number of ether oxygens (including phenoxy) is 1. The molecule has 0 aromatic heterocycles. The zero-order chi connectivity index (χ0) is 22.5. The molecule has 0 bridgehead atoms. The summed E-state index contributed by atoms with van der Waals surface area (Å²) in [4.78, 5) is 14.6. The molecule has 1 unspecified atom stereocenters. The summed E-state index contributed by atoms with van der Waals surface area (Å²) in [5.74, 6) is 0.322. The topological polar surface area (TPSA) is 84.9 Å². The highest BCUT2D eigenvalue weighted by atomic mass is 35.5. The molecule has 2 aromatic carbocycles. The second-order valence-corrected chi connectivity index (χ2v) is 9.07. The number of carbonyl (C=O) groups excluding carboxylic acids is 1. The highest BCUT2D eigenvalue weighted by molar-refractivity contribution is 7.86. The van der Waals surface area contributed by atoms with Gasteiger partial charge in [-0.15, -0.1) is 0 Å². The zero-order valence-electron chi connectivity index (χ0n) is 17.1. The molecule has 0 saturated heterocycles. The minimum Gasteiger partial charge on any atom is -0.493 e. The molecular formula is C20H24Cl2N2O5S. The maximum absolute atomic E-state index is 13.0. The standard InChI is InChI=1S/C20H24Cl2N2O5S/c1-5-13(2)24(20(25)23-19-15(21)7-6-8-16(19)22)12-14-9-10-17(28-3)18(11-14)29-30(4,26)27/h6-11,13H,5,12H2,1-4H3,(H,23,25). The molecule has 0 radical (unpaired) electrons. The lowest BCUT2D eigenvalue weighted by atomic mass is 10.1. The molecule has 1 N–H and O–H groups in total. The third-order valence-electron chi connectivity index (χ3n) is 4.40. The smallest absolute Gasteiger partial charge is 0.322 e. The van der Waals surface area contributed by atoms with E-state index >= 15 is 0 Å². The number of anilines is 1. The van der Waals surface area contributed by atoms with Gasteiger partial charge in [0.05, 0.1) is 29.1 Å². The van der Waals surface area contributed by atoms with Crippen LogP contribution in [0, 0.1) is 0 Å². The van der Waals surface area contributed by atoms with Crippen LogP contribution in [0.3, 0.4) is 0 Å². The van der Waals surface area contributed by atoms with Gasteiger partial charge in [0, 0.05) is 12.6 Å². The monoisotopic (exact) mass is 474 g/mol. The molecule has 0 saturated carbocycles.